The molecule has 2 N–H and O–H groups in total. The van der Waals surface area contributed by atoms with Gasteiger partial charge in [-0.1, -0.05) is 31.4 Å². The van der Waals surface area contributed by atoms with Gasteiger partial charge >= 0.3 is 0 Å². The van der Waals surface area contributed by atoms with E-state index in [2.05, 4.69) is 17.6 Å². The Labute approximate surface area is 119 Å². The Kier molecular flexibility index (Phi) is 4.70. The fourth-order valence-corrected chi connectivity index (χ4v) is 2.82. The first-order chi connectivity index (χ1) is 9.11. The molecule has 1 aliphatic carbocycles. The van der Waals surface area contributed by atoms with Crippen LogP contribution >= 0.6 is 11.6 Å². The number of carbonyl (C=O) groups excluding carboxylic acids is 1. The van der Waals surface area contributed by atoms with Crippen molar-refractivity contribution in [1.29, 1.82) is 0 Å². The number of anilines is 1. The van der Waals surface area contributed by atoms with Crippen LogP contribution in [0.5, 0.6) is 0 Å². The summed E-state index contributed by atoms with van der Waals surface area (Å²) in [6.07, 6.45) is 4.99. The molecule has 0 spiro atoms. The lowest BCUT2D eigenvalue weighted by Gasteiger charge is -2.30. The van der Waals surface area contributed by atoms with Gasteiger partial charge in [0.2, 0.25) is 0 Å². The number of nitrogens with one attached hydrogen (secondary N) is 2. The standard InChI is InChI=1S/C15H21ClN2O/c1-10-5-3-4-6-13(10)18-14-9-11(15(19)17-2)7-8-12(14)16/h7-10,13,18H,3-6H2,1-2H3,(H,17,19). The predicted molar refractivity (Wildman–Crippen MR) is 79.9 cm³/mol. The molecule has 0 saturated heterocycles. The summed E-state index contributed by atoms with van der Waals surface area (Å²) in [4.78, 5) is 11.7. The van der Waals surface area contributed by atoms with Crippen LogP contribution in [0.25, 0.3) is 0 Å². The van der Waals surface area contributed by atoms with Gasteiger partial charge in [0.25, 0.3) is 5.91 Å². The molecular weight excluding hydrogens is 260 g/mol. The van der Waals surface area contributed by atoms with E-state index >= 15 is 0 Å². The third kappa shape index (κ3) is 3.41. The molecular formula is C15H21ClN2O. The summed E-state index contributed by atoms with van der Waals surface area (Å²) in [7, 11) is 1.63. The molecule has 1 aromatic carbocycles. The molecule has 4 heteroatoms. The lowest BCUT2D eigenvalue weighted by Crippen LogP contribution is -2.30. The lowest BCUT2D eigenvalue weighted by atomic mass is 9.86. The maximum atomic E-state index is 11.7. The van der Waals surface area contributed by atoms with Crippen molar-refractivity contribution in [3.05, 3.63) is 28.8 Å². The van der Waals surface area contributed by atoms with Gasteiger partial charge in [-0.25, -0.2) is 0 Å². The summed E-state index contributed by atoms with van der Waals surface area (Å²) in [6, 6.07) is 5.81. The van der Waals surface area contributed by atoms with Gasteiger partial charge in [-0.15, -0.1) is 0 Å². The number of rotatable bonds is 3. The van der Waals surface area contributed by atoms with Crippen LogP contribution in [-0.2, 0) is 0 Å². The zero-order valence-electron chi connectivity index (χ0n) is 11.5. The summed E-state index contributed by atoms with van der Waals surface area (Å²) in [6.45, 7) is 2.27. The molecule has 104 valence electrons. The summed E-state index contributed by atoms with van der Waals surface area (Å²) in [5.74, 6) is 0.560. The van der Waals surface area contributed by atoms with Crippen LogP contribution in [0, 0.1) is 5.92 Å². The van der Waals surface area contributed by atoms with Gasteiger partial charge in [0.05, 0.1) is 10.7 Å². The van der Waals surface area contributed by atoms with Crippen molar-refractivity contribution in [3.63, 3.8) is 0 Å². The van der Waals surface area contributed by atoms with E-state index in [4.69, 9.17) is 11.6 Å². The fourth-order valence-electron chi connectivity index (χ4n) is 2.65. The van der Waals surface area contributed by atoms with E-state index < -0.39 is 0 Å². The molecule has 0 aromatic heterocycles. The van der Waals surface area contributed by atoms with Crippen molar-refractivity contribution in [2.24, 2.45) is 5.92 Å². The molecule has 3 nitrogen and oxygen atoms in total. The van der Waals surface area contributed by atoms with Crippen LogP contribution in [0.3, 0.4) is 0 Å². The van der Waals surface area contributed by atoms with Gasteiger partial charge in [-0.3, -0.25) is 4.79 Å². The first-order valence-corrected chi connectivity index (χ1v) is 7.27. The Morgan fingerprint density at radius 3 is 2.74 bits per heavy atom. The number of carbonyl (C=O) groups is 1. The molecule has 1 aromatic rings. The third-order valence-corrected chi connectivity index (χ3v) is 4.24. The van der Waals surface area contributed by atoms with E-state index in [1.54, 1.807) is 19.2 Å². The van der Waals surface area contributed by atoms with E-state index in [1.807, 2.05) is 6.07 Å². The molecule has 1 amide bonds. The third-order valence-electron chi connectivity index (χ3n) is 3.91. The molecule has 0 heterocycles. The second-order valence-corrected chi connectivity index (χ2v) is 5.69. The summed E-state index contributed by atoms with van der Waals surface area (Å²) < 4.78 is 0. The highest BCUT2D eigenvalue weighted by molar-refractivity contribution is 6.33. The van der Waals surface area contributed by atoms with E-state index in [-0.39, 0.29) is 5.91 Å². The Morgan fingerprint density at radius 1 is 1.32 bits per heavy atom. The monoisotopic (exact) mass is 280 g/mol. The maximum absolute atomic E-state index is 11.7. The number of halogens is 1. The molecule has 1 fully saturated rings. The fraction of sp³-hybridized carbons (Fsp3) is 0.533. The second-order valence-electron chi connectivity index (χ2n) is 5.29. The quantitative estimate of drug-likeness (QED) is 0.887. The van der Waals surface area contributed by atoms with Crippen molar-refractivity contribution in [1.82, 2.24) is 5.32 Å². The largest absolute Gasteiger partial charge is 0.381 e. The Morgan fingerprint density at radius 2 is 2.05 bits per heavy atom. The van der Waals surface area contributed by atoms with Crippen molar-refractivity contribution in [3.8, 4) is 0 Å². The van der Waals surface area contributed by atoms with Crippen molar-refractivity contribution < 1.29 is 4.79 Å². The van der Waals surface area contributed by atoms with Crippen LogP contribution in [0.15, 0.2) is 18.2 Å². The minimum atomic E-state index is -0.0867. The van der Waals surface area contributed by atoms with Gasteiger partial charge in [-0.05, 0) is 37.0 Å². The van der Waals surface area contributed by atoms with E-state index in [0.717, 1.165) is 5.69 Å². The first kappa shape index (κ1) is 14.2. The molecule has 19 heavy (non-hydrogen) atoms. The maximum Gasteiger partial charge on any atom is 0.251 e. The van der Waals surface area contributed by atoms with Gasteiger partial charge < -0.3 is 10.6 Å². The minimum Gasteiger partial charge on any atom is -0.381 e. The average molecular weight is 281 g/mol. The highest BCUT2D eigenvalue weighted by atomic mass is 35.5. The molecule has 0 radical (unpaired) electrons. The topological polar surface area (TPSA) is 41.1 Å². The van der Waals surface area contributed by atoms with Crippen LogP contribution in [0.1, 0.15) is 43.0 Å². The summed E-state index contributed by atoms with van der Waals surface area (Å²) in [5, 5.41) is 6.81. The Balaban J connectivity index is 2.16. The van der Waals surface area contributed by atoms with Gasteiger partial charge in [0.15, 0.2) is 0 Å². The second kappa shape index (κ2) is 6.29. The molecule has 2 unspecified atom stereocenters. The number of benzene rings is 1. The Bertz CT molecular complexity index is 461. The highest BCUT2D eigenvalue weighted by Crippen LogP contribution is 2.30. The smallest absolute Gasteiger partial charge is 0.251 e. The van der Waals surface area contributed by atoms with Gasteiger partial charge in [-0.2, -0.15) is 0 Å². The molecule has 0 aliphatic heterocycles. The zero-order chi connectivity index (χ0) is 13.8. The van der Waals surface area contributed by atoms with Crippen LogP contribution in [0.2, 0.25) is 5.02 Å². The van der Waals surface area contributed by atoms with Crippen molar-refractivity contribution >= 4 is 23.2 Å². The van der Waals surface area contributed by atoms with Crippen LogP contribution in [-0.4, -0.2) is 19.0 Å². The normalized spacial score (nSPS) is 22.9. The first-order valence-electron chi connectivity index (χ1n) is 6.90. The van der Waals surface area contributed by atoms with Crippen molar-refractivity contribution in [2.45, 2.75) is 38.6 Å². The van der Waals surface area contributed by atoms with E-state index in [1.165, 1.54) is 25.7 Å². The van der Waals surface area contributed by atoms with E-state index in [0.29, 0.717) is 22.5 Å². The number of hydrogen-bond donors (Lipinski definition) is 2. The van der Waals surface area contributed by atoms with Crippen molar-refractivity contribution in [2.75, 3.05) is 12.4 Å². The molecule has 2 rings (SSSR count). The predicted octanol–water partition coefficient (Wildman–Crippen LogP) is 3.69. The summed E-state index contributed by atoms with van der Waals surface area (Å²) in [5.41, 5.74) is 1.50. The van der Waals surface area contributed by atoms with Crippen LogP contribution in [0.4, 0.5) is 5.69 Å². The minimum absolute atomic E-state index is 0.0867. The van der Waals surface area contributed by atoms with E-state index in [9.17, 15) is 4.79 Å². The lowest BCUT2D eigenvalue weighted by molar-refractivity contribution is 0.0963. The van der Waals surface area contributed by atoms with Gasteiger partial charge in [0, 0.05) is 18.7 Å². The SMILES string of the molecule is CNC(=O)c1ccc(Cl)c(NC2CCCCC2C)c1. The zero-order valence-corrected chi connectivity index (χ0v) is 12.3. The summed E-state index contributed by atoms with van der Waals surface area (Å²) >= 11 is 6.22. The molecule has 2 atom stereocenters. The average Bonchev–Trinajstić information content (AvgIpc) is 2.42. The Hall–Kier alpha value is -1.22. The molecule has 0 bridgehead atoms. The molecule has 1 aliphatic rings. The number of hydrogen-bond acceptors (Lipinski definition) is 2. The molecule has 1 saturated carbocycles. The highest BCUT2D eigenvalue weighted by Gasteiger charge is 2.21. The van der Waals surface area contributed by atoms with Gasteiger partial charge in [0.1, 0.15) is 0 Å². The van der Waals surface area contributed by atoms with Crippen LogP contribution < -0.4 is 10.6 Å². The number of amides is 1.